The molecule has 0 aliphatic carbocycles. The number of carbonyl (C=O) groups is 1. The predicted molar refractivity (Wildman–Crippen MR) is 95.0 cm³/mol. The minimum atomic E-state index is -2.58. The number of carbonyl (C=O) groups excluding carboxylic acids is 1. The lowest BCUT2D eigenvalue weighted by Crippen LogP contribution is -2.22. The van der Waals surface area contributed by atoms with Crippen LogP contribution in [-0.2, 0) is 11.8 Å². The Kier molecular flexibility index (Phi) is 4.28. The monoisotopic (exact) mass is 323 g/mol. The molecule has 2 nitrogen and oxygen atoms in total. The van der Waals surface area contributed by atoms with Crippen LogP contribution in [0.3, 0.4) is 0 Å². The number of nitrogens with zero attached hydrogens (tertiary/aromatic N) is 1. The molecule has 4 heteroatoms. The molecule has 108 valence electrons. The lowest BCUT2D eigenvalue weighted by atomic mass is 10.3. The third-order valence-electron chi connectivity index (χ3n) is 3.43. The minimum absolute atomic E-state index is 0.0204. The summed E-state index contributed by atoms with van der Waals surface area (Å²) in [4.78, 5) is 17.2. The number of pyridine rings is 1. The molecular formula is C18H14NOPS. The van der Waals surface area contributed by atoms with E-state index in [1.165, 1.54) is 0 Å². The van der Waals surface area contributed by atoms with E-state index in [9.17, 15) is 4.79 Å². The molecule has 2 aromatic carbocycles. The van der Waals surface area contributed by atoms with Gasteiger partial charge in [0.2, 0.25) is 5.52 Å². The van der Waals surface area contributed by atoms with Gasteiger partial charge < -0.3 is 0 Å². The molecular weight excluding hydrogens is 309 g/mol. The van der Waals surface area contributed by atoms with Gasteiger partial charge in [-0.1, -0.05) is 72.5 Å². The molecule has 0 bridgehead atoms. The minimum Gasteiger partial charge on any atom is -0.287 e. The Labute approximate surface area is 134 Å². The van der Waals surface area contributed by atoms with Crippen molar-refractivity contribution in [1.82, 2.24) is 4.98 Å². The third kappa shape index (κ3) is 2.66. The molecule has 0 aliphatic rings. The van der Waals surface area contributed by atoms with Crippen molar-refractivity contribution >= 4 is 34.0 Å². The van der Waals surface area contributed by atoms with Gasteiger partial charge in [-0.25, -0.2) is 0 Å². The Morgan fingerprint density at radius 1 is 0.818 bits per heavy atom. The van der Waals surface area contributed by atoms with Gasteiger partial charge in [-0.15, -0.1) is 0 Å². The second kappa shape index (κ2) is 6.35. The fourth-order valence-corrected chi connectivity index (χ4v) is 5.82. The molecule has 3 rings (SSSR count). The van der Waals surface area contributed by atoms with Gasteiger partial charge in [0.25, 0.3) is 0 Å². The van der Waals surface area contributed by atoms with Crippen LogP contribution in [0.5, 0.6) is 0 Å². The van der Waals surface area contributed by atoms with Crippen molar-refractivity contribution in [3.63, 3.8) is 0 Å². The predicted octanol–water partition coefficient (Wildman–Crippen LogP) is 3.35. The molecule has 1 heterocycles. The summed E-state index contributed by atoms with van der Waals surface area (Å²) in [6, 6.07) is 20.3. The van der Waals surface area contributed by atoms with Crippen LogP contribution in [0.1, 0.15) is 10.4 Å². The van der Waals surface area contributed by atoms with Crippen LogP contribution in [0.4, 0.5) is 0 Å². The van der Waals surface area contributed by atoms with Crippen molar-refractivity contribution in [3.05, 3.63) is 90.8 Å². The maximum absolute atomic E-state index is 13.2. The summed E-state index contributed by atoms with van der Waals surface area (Å²) in [5.41, 5.74) is 0.548. The van der Waals surface area contributed by atoms with E-state index < -0.39 is 6.04 Å². The van der Waals surface area contributed by atoms with E-state index in [1.54, 1.807) is 24.5 Å². The summed E-state index contributed by atoms with van der Waals surface area (Å²) in [6.07, 6.45) is 3.25. The average Bonchev–Trinajstić information content (AvgIpc) is 2.62. The Bertz CT molecular complexity index is 776. The molecule has 0 saturated carbocycles. The second-order valence-electron chi connectivity index (χ2n) is 4.83. The molecule has 0 saturated heterocycles. The summed E-state index contributed by atoms with van der Waals surface area (Å²) in [6.45, 7) is 0. The summed E-state index contributed by atoms with van der Waals surface area (Å²) in [5, 5.41) is 1.81. The van der Waals surface area contributed by atoms with Crippen LogP contribution in [0, 0.1) is 0 Å². The molecule has 22 heavy (non-hydrogen) atoms. The van der Waals surface area contributed by atoms with Gasteiger partial charge in [-0.3, -0.25) is 9.78 Å². The number of benzene rings is 2. The first kappa shape index (κ1) is 14.8. The standard InChI is InChI=1S/C18H14NOPS/c20-18(15-8-7-13-19-14-15)21(22,16-9-3-1-4-10-16)17-11-5-2-6-12-17/h1-14H. The highest BCUT2D eigenvalue weighted by molar-refractivity contribution is 8.30. The smallest absolute Gasteiger partial charge is 0.203 e. The van der Waals surface area contributed by atoms with Gasteiger partial charge in [0.05, 0.1) is 6.04 Å². The molecule has 0 N–H and O–H groups in total. The van der Waals surface area contributed by atoms with Crippen molar-refractivity contribution in [1.29, 1.82) is 0 Å². The fourth-order valence-electron chi connectivity index (χ4n) is 2.33. The van der Waals surface area contributed by atoms with Gasteiger partial charge in [-0.2, -0.15) is 0 Å². The SMILES string of the molecule is O=C(c1cccnc1)P(=S)(c1ccccc1)c1ccccc1. The van der Waals surface area contributed by atoms with E-state index in [0.717, 1.165) is 10.6 Å². The van der Waals surface area contributed by atoms with Gasteiger partial charge in [0.1, 0.15) is 0 Å². The quantitative estimate of drug-likeness (QED) is 0.690. The normalized spacial score (nSPS) is 11.1. The molecule has 0 aliphatic heterocycles. The summed E-state index contributed by atoms with van der Waals surface area (Å²) in [5.74, 6) is 0. The fraction of sp³-hybridized carbons (Fsp3) is 0. The highest BCUT2D eigenvalue weighted by Crippen LogP contribution is 2.46. The Hall–Kier alpha value is -2.09. The lowest BCUT2D eigenvalue weighted by Gasteiger charge is -2.21. The highest BCUT2D eigenvalue weighted by Gasteiger charge is 2.31. The lowest BCUT2D eigenvalue weighted by molar-refractivity contribution is 0.108. The van der Waals surface area contributed by atoms with Crippen molar-refractivity contribution < 1.29 is 4.79 Å². The molecule has 0 amide bonds. The van der Waals surface area contributed by atoms with Crippen LogP contribution in [0.15, 0.2) is 85.2 Å². The number of hydrogen-bond donors (Lipinski definition) is 0. The molecule has 0 fully saturated rings. The average molecular weight is 323 g/mol. The van der Waals surface area contributed by atoms with E-state index in [-0.39, 0.29) is 5.52 Å². The van der Waals surface area contributed by atoms with Crippen molar-refractivity contribution in [2.45, 2.75) is 0 Å². The summed E-state index contributed by atoms with van der Waals surface area (Å²) >= 11 is 5.97. The van der Waals surface area contributed by atoms with E-state index >= 15 is 0 Å². The van der Waals surface area contributed by atoms with Crippen molar-refractivity contribution in [2.24, 2.45) is 0 Å². The Morgan fingerprint density at radius 3 is 1.82 bits per heavy atom. The van der Waals surface area contributed by atoms with Crippen LogP contribution in [0.2, 0.25) is 0 Å². The number of rotatable bonds is 4. The number of hydrogen-bond acceptors (Lipinski definition) is 3. The summed E-state index contributed by atoms with van der Waals surface area (Å²) < 4.78 is 0. The molecule has 0 atom stereocenters. The van der Waals surface area contributed by atoms with E-state index in [1.807, 2.05) is 60.7 Å². The van der Waals surface area contributed by atoms with Crippen molar-refractivity contribution in [3.8, 4) is 0 Å². The van der Waals surface area contributed by atoms with Gasteiger partial charge in [0.15, 0.2) is 0 Å². The van der Waals surface area contributed by atoms with E-state index in [4.69, 9.17) is 11.8 Å². The van der Waals surface area contributed by atoms with Crippen molar-refractivity contribution in [2.75, 3.05) is 0 Å². The Morgan fingerprint density at radius 2 is 1.36 bits per heavy atom. The van der Waals surface area contributed by atoms with Crippen LogP contribution >= 0.6 is 6.04 Å². The zero-order valence-electron chi connectivity index (χ0n) is 11.8. The van der Waals surface area contributed by atoms with Crippen LogP contribution < -0.4 is 10.6 Å². The second-order valence-corrected chi connectivity index (χ2v) is 9.13. The largest absolute Gasteiger partial charge is 0.287 e. The Balaban J connectivity index is 2.21. The van der Waals surface area contributed by atoms with E-state index in [0.29, 0.717) is 5.56 Å². The highest BCUT2D eigenvalue weighted by atomic mass is 32.4. The first-order valence-electron chi connectivity index (χ1n) is 6.89. The van der Waals surface area contributed by atoms with Gasteiger partial charge >= 0.3 is 0 Å². The zero-order valence-corrected chi connectivity index (χ0v) is 13.5. The zero-order chi connectivity index (χ0) is 15.4. The number of aromatic nitrogens is 1. The molecule has 0 spiro atoms. The molecule has 1 aromatic heterocycles. The van der Waals surface area contributed by atoms with E-state index in [2.05, 4.69) is 4.98 Å². The topological polar surface area (TPSA) is 30.0 Å². The maximum Gasteiger partial charge on any atom is 0.203 e. The third-order valence-corrected chi connectivity index (χ3v) is 8.08. The molecule has 0 unspecified atom stereocenters. The van der Waals surface area contributed by atoms with Gasteiger partial charge in [-0.05, 0) is 22.7 Å². The maximum atomic E-state index is 13.2. The first-order valence-corrected chi connectivity index (χ1v) is 9.69. The molecule has 0 radical (unpaired) electrons. The summed E-state index contributed by atoms with van der Waals surface area (Å²) in [7, 11) is 0. The van der Waals surface area contributed by atoms with Gasteiger partial charge in [0, 0.05) is 18.0 Å². The molecule has 3 aromatic rings. The first-order chi connectivity index (χ1) is 10.7. The van der Waals surface area contributed by atoms with Crippen LogP contribution in [0.25, 0.3) is 0 Å². The van der Waals surface area contributed by atoms with Crippen LogP contribution in [-0.4, -0.2) is 10.5 Å².